The van der Waals surface area contributed by atoms with Gasteiger partial charge in [0.05, 0.1) is 6.61 Å². The summed E-state index contributed by atoms with van der Waals surface area (Å²) in [7, 11) is 0. The quantitative estimate of drug-likeness (QED) is 0.775. The molecule has 1 fully saturated rings. The maximum absolute atomic E-state index is 12.0. The van der Waals surface area contributed by atoms with Crippen LogP contribution in [-0.2, 0) is 4.74 Å². The number of hydrogen-bond donors (Lipinski definition) is 0. The van der Waals surface area contributed by atoms with E-state index in [0.717, 1.165) is 5.57 Å². The lowest BCUT2D eigenvalue weighted by atomic mass is 10.1. The summed E-state index contributed by atoms with van der Waals surface area (Å²) < 4.78 is 8.98. The number of carbonyl (C=O) groups is 1. The molecule has 4 nitrogen and oxygen atoms in total. The summed E-state index contributed by atoms with van der Waals surface area (Å²) in [4.78, 5) is 15.8. The van der Waals surface area contributed by atoms with Gasteiger partial charge in [-0.3, -0.25) is 9.36 Å². The van der Waals surface area contributed by atoms with Crippen molar-refractivity contribution < 1.29 is 9.53 Å². The normalized spacial score (nSPS) is 23.3. The Morgan fingerprint density at radius 3 is 3.18 bits per heavy atom. The summed E-state index contributed by atoms with van der Waals surface area (Å²) in [5.41, 5.74) is 2.34. The molecule has 1 saturated heterocycles. The Balaban J connectivity index is 2.03. The van der Waals surface area contributed by atoms with E-state index in [-0.39, 0.29) is 12.0 Å². The molecule has 0 radical (unpaired) electrons. The molecule has 0 N–H and O–H groups in total. The standard InChI is InChI=1S/C12H13IN2O2/c1-9(6-13)4-10-5-11(17-7-10)12(16)15-3-2-14-8-15/h2-4,6,8,11H,5,7H2,1H3/b9-6+,10-4-/t11-/m1/s1. The Labute approximate surface area is 114 Å². The molecule has 2 heterocycles. The van der Waals surface area contributed by atoms with Gasteiger partial charge in [0.15, 0.2) is 0 Å². The molecule has 17 heavy (non-hydrogen) atoms. The minimum atomic E-state index is -0.377. The van der Waals surface area contributed by atoms with Gasteiger partial charge in [-0.15, -0.1) is 0 Å². The van der Waals surface area contributed by atoms with E-state index in [0.29, 0.717) is 13.0 Å². The average molecular weight is 344 g/mol. The number of nitrogens with zero attached hydrogens (tertiary/aromatic N) is 2. The van der Waals surface area contributed by atoms with E-state index in [1.807, 2.05) is 11.0 Å². The molecule has 5 heteroatoms. The highest BCUT2D eigenvalue weighted by atomic mass is 127. The van der Waals surface area contributed by atoms with Crippen molar-refractivity contribution in [3.05, 3.63) is 40.0 Å². The van der Waals surface area contributed by atoms with Gasteiger partial charge in [-0.25, -0.2) is 4.98 Å². The lowest BCUT2D eigenvalue weighted by Gasteiger charge is -2.06. The second-order valence-corrected chi connectivity index (χ2v) is 4.59. The predicted octanol–water partition coefficient (Wildman–Crippen LogP) is 2.58. The van der Waals surface area contributed by atoms with Gasteiger partial charge >= 0.3 is 0 Å². The molecule has 0 saturated carbocycles. The second-order valence-electron chi connectivity index (χ2n) is 3.97. The fourth-order valence-corrected chi connectivity index (χ4v) is 1.91. The summed E-state index contributed by atoms with van der Waals surface area (Å²) in [5, 5.41) is 0. The molecule has 1 atom stereocenters. The van der Waals surface area contributed by atoms with Crippen LogP contribution in [0.25, 0.3) is 0 Å². The molecule has 0 aliphatic carbocycles. The van der Waals surface area contributed by atoms with Crippen LogP contribution in [0, 0.1) is 0 Å². The Morgan fingerprint density at radius 1 is 1.71 bits per heavy atom. The van der Waals surface area contributed by atoms with E-state index < -0.39 is 0 Å². The zero-order chi connectivity index (χ0) is 12.3. The molecule has 0 bridgehead atoms. The van der Waals surface area contributed by atoms with Crippen molar-refractivity contribution in [2.45, 2.75) is 19.4 Å². The van der Waals surface area contributed by atoms with Crippen molar-refractivity contribution >= 4 is 28.5 Å². The van der Waals surface area contributed by atoms with Crippen LogP contribution in [0.4, 0.5) is 0 Å². The summed E-state index contributed by atoms with van der Waals surface area (Å²) >= 11 is 2.20. The third-order valence-corrected chi connectivity index (χ3v) is 3.54. The lowest BCUT2D eigenvalue weighted by Crippen LogP contribution is -2.24. The fourth-order valence-electron chi connectivity index (χ4n) is 1.73. The Kier molecular flexibility index (Phi) is 4.11. The first-order valence-corrected chi connectivity index (χ1v) is 6.55. The highest BCUT2D eigenvalue weighted by Gasteiger charge is 2.27. The first-order valence-electron chi connectivity index (χ1n) is 5.31. The highest BCUT2D eigenvalue weighted by molar-refractivity contribution is 14.1. The van der Waals surface area contributed by atoms with Crippen LogP contribution in [0.2, 0.25) is 0 Å². The van der Waals surface area contributed by atoms with E-state index in [1.165, 1.54) is 16.5 Å². The molecule has 0 unspecified atom stereocenters. The van der Waals surface area contributed by atoms with E-state index in [2.05, 4.69) is 33.7 Å². The topological polar surface area (TPSA) is 44.1 Å². The zero-order valence-corrected chi connectivity index (χ0v) is 11.6. The molecule has 1 aromatic rings. The molecule has 0 aromatic carbocycles. The van der Waals surface area contributed by atoms with Crippen molar-refractivity contribution in [3.8, 4) is 0 Å². The summed E-state index contributed by atoms with van der Waals surface area (Å²) in [6.07, 6.45) is 7.10. The number of rotatable bonds is 2. The molecule has 1 aromatic heterocycles. The number of aromatic nitrogens is 2. The zero-order valence-electron chi connectivity index (χ0n) is 9.47. The average Bonchev–Trinajstić information content (AvgIpc) is 2.98. The van der Waals surface area contributed by atoms with Crippen LogP contribution in [0.3, 0.4) is 0 Å². The van der Waals surface area contributed by atoms with Crippen LogP contribution < -0.4 is 0 Å². The summed E-state index contributed by atoms with van der Waals surface area (Å²) in [5.74, 6) is -0.0537. The van der Waals surface area contributed by atoms with Gasteiger partial charge in [-0.2, -0.15) is 0 Å². The molecule has 1 aliphatic heterocycles. The van der Waals surface area contributed by atoms with Gasteiger partial charge in [0.25, 0.3) is 5.91 Å². The van der Waals surface area contributed by atoms with Crippen molar-refractivity contribution in [1.82, 2.24) is 9.55 Å². The van der Waals surface area contributed by atoms with Crippen LogP contribution in [0.15, 0.2) is 40.0 Å². The van der Waals surface area contributed by atoms with Gasteiger partial charge in [0, 0.05) is 18.8 Å². The highest BCUT2D eigenvalue weighted by Crippen LogP contribution is 2.21. The number of imidazole rings is 1. The van der Waals surface area contributed by atoms with Crippen LogP contribution in [0.5, 0.6) is 0 Å². The van der Waals surface area contributed by atoms with Gasteiger partial charge < -0.3 is 4.74 Å². The molecule has 2 rings (SSSR count). The molecule has 0 spiro atoms. The van der Waals surface area contributed by atoms with Crippen LogP contribution >= 0.6 is 22.6 Å². The summed E-state index contributed by atoms with van der Waals surface area (Å²) in [6, 6.07) is 0. The van der Waals surface area contributed by atoms with E-state index in [1.54, 1.807) is 12.4 Å². The maximum atomic E-state index is 12.0. The number of carbonyl (C=O) groups excluding carboxylic acids is 1. The Bertz CT molecular complexity index is 463. The first-order chi connectivity index (χ1) is 8.20. The smallest absolute Gasteiger partial charge is 0.261 e. The van der Waals surface area contributed by atoms with Crippen molar-refractivity contribution in [1.29, 1.82) is 0 Å². The van der Waals surface area contributed by atoms with Gasteiger partial charge in [-0.05, 0) is 22.2 Å². The third-order valence-electron chi connectivity index (χ3n) is 2.56. The molecule has 0 amide bonds. The van der Waals surface area contributed by atoms with Gasteiger partial charge in [0.2, 0.25) is 0 Å². The molecule has 1 aliphatic rings. The van der Waals surface area contributed by atoms with Gasteiger partial charge in [0.1, 0.15) is 12.4 Å². The maximum Gasteiger partial charge on any atom is 0.261 e. The first kappa shape index (κ1) is 12.5. The van der Waals surface area contributed by atoms with Crippen molar-refractivity contribution in [3.63, 3.8) is 0 Å². The minimum absolute atomic E-state index is 0.0537. The van der Waals surface area contributed by atoms with Crippen LogP contribution in [0.1, 0.15) is 18.1 Å². The van der Waals surface area contributed by atoms with E-state index >= 15 is 0 Å². The Morgan fingerprint density at radius 2 is 2.53 bits per heavy atom. The van der Waals surface area contributed by atoms with Gasteiger partial charge in [-0.1, -0.05) is 28.7 Å². The van der Waals surface area contributed by atoms with Crippen LogP contribution in [-0.4, -0.2) is 28.2 Å². The molecule has 90 valence electrons. The monoisotopic (exact) mass is 344 g/mol. The lowest BCUT2D eigenvalue weighted by molar-refractivity contribution is 0.0558. The van der Waals surface area contributed by atoms with E-state index in [4.69, 9.17) is 4.74 Å². The largest absolute Gasteiger partial charge is 0.364 e. The Hall–Kier alpha value is -0.950. The number of ether oxygens (including phenoxy) is 1. The summed E-state index contributed by atoms with van der Waals surface area (Å²) in [6.45, 7) is 2.57. The fraction of sp³-hybridized carbons (Fsp3) is 0.333. The molecular weight excluding hydrogens is 331 g/mol. The third kappa shape index (κ3) is 3.04. The second kappa shape index (κ2) is 5.59. The molecular formula is C12H13IN2O2. The SMILES string of the molecule is CC(/C=C1\CO[C@@H](C(=O)n2ccnc2)C1)=C\I. The predicted molar refractivity (Wildman–Crippen MR) is 73.1 cm³/mol. The van der Waals surface area contributed by atoms with Crippen molar-refractivity contribution in [2.24, 2.45) is 0 Å². The minimum Gasteiger partial charge on any atom is -0.364 e. The van der Waals surface area contributed by atoms with Crippen molar-refractivity contribution in [2.75, 3.05) is 6.61 Å². The number of halogens is 1. The number of allylic oxidation sites excluding steroid dienone is 2. The number of hydrogen-bond acceptors (Lipinski definition) is 3. The van der Waals surface area contributed by atoms with E-state index in [9.17, 15) is 4.79 Å².